The second-order valence-corrected chi connectivity index (χ2v) is 8.78. The van der Waals surface area contributed by atoms with Gasteiger partial charge in [0.2, 0.25) is 11.7 Å². The maximum Gasteiger partial charge on any atom is 0.417 e. The third-order valence-electron chi connectivity index (χ3n) is 3.43. The molecule has 1 aromatic carbocycles. The average Bonchev–Trinajstić information content (AvgIpc) is 3.14. The number of rotatable bonds is 4. The Kier molecular flexibility index (Phi) is 4.95. The molecule has 0 aliphatic heterocycles. The number of halogens is 4. The van der Waals surface area contributed by atoms with Gasteiger partial charge in [-0.2, -0.15) is 18.2 Å². The molecule has 3 aromatic rings. The first-order valence-electron chi connectivity index (χ1n) is 7.28. The molecule has 0 radical (unpaired) electrons. The van der Waals surface area contributed by atoms with Crippen LogP contribution in [0.5, 0.6) is 0 Å². The van der Waals surface area contributed by atoms with Crippen molar-refractivity contribution in [3.63, 3.8) is 0 Å². The predicted molar refractivity (Wildman–Crippen MR) is 94.3 cm³/mol. The van der Waals surface area contributed by atoms with Crippen LogP contribution in [0.3, 0.4) is 0 Å². The van der Waals surface area contributed by atoms with Gasteiger partial charge in [-0.05, 0) is 31.2 Å². The Hall–Kier alpha value is -2.11. The van der Waals surface area contributed by atoms with Gasteiger partial charge in [-0.15, -0.1) is 11.3 Å². The largest absolute Gasteiger partial charge is 0.417 e. The lowest BCUT2D eigenvalue weighted by atomic mass is 10.2. The number of alkyl halides is 3. The Morgan fingerprint density at radius 3 is 2.52 bits per heavy atom. The highest BCUT2D eigenvalue weighted by Gasteiger charge is 2.34. The second kappa shape index (κ2) is 6.80. The minimum Gasteiger partial charge on any atom is -0.339 e. The van der Waals surface area contributed by atoms with E-state index in [0.717, 1.165) is 23.5 Å². The number of hydrogen-bond donors (Lipinski definition) is 1. The SMILES string of the molecule is Cc1nc(-c2cc(S(=O)(=O)Nc3ccc(Cl)c(C(F)(F)F)c3)c(C)s2)no1. The van der Waals surface area contributed by atoms with E-state index in [0.29, 0.717) is 21.7 Å². The van der Waals surface area contributed by atoms with Gasteiger partial charge in [0.15, 0.2) is 0 Å². The van der Waals surface area contributed by atoms with Crippen molar-refractivity contribution in [2.24, 2.45) is 0 Å². The number of aryl methyl sites for hydroxylation is 2. The van der Waals surface area contributed by atoms with Crippen LogP contribution in [0.2, 0.25) is 5.02 Å². The van der Waals surface area contributed by atoms with Gasteiger partial charge in [-0.1, -0.05) is 16.8 Å². The number of nitrogens with one attached hydrogen (secondary N) is 1. The minimum atomic E-state index is -4.71. The fourth-order valence-corrected chi connectivity index (χ4v) is 5.05. The van der Waals surface area contributed by atoms with Gasteiger partial charge in [0, 0.05) is 17.5 Å². The van der Waals surface area contributed by atoms with E-state index in [2.05, 4.69) is 14.9 Å². The molecule has 0 atom stereocenters. The van der Waals surface area contributed by atoms with E-state index in [9.17, 15) is 21.6 Å². The van der Waals surface area contributed by atoms with Crippen LogP contribution in [0.4, 0.5) is 18.9 Å². The molecule has 3 rings (SSSR count). The molecule has 0 saturated heterocycles. The van der Waals surface area contributed by atoms with Crippen molar-refractivity contribution in [1.82, 2.24) is 10.1 Å². The zero-order valence-electron chi connectivity index (χ0n) is 13.8. The van der Waals surface area contributed by atoms with Crippen molar-refractivity contribution >= 4 is 38.6 Å². The summed E-state index contributed by atoms with van der Waals surface area (Å²) in [5.41, 5.74) is -1.39. The fraction of sp³-hybridized carbons (Fsp3) is 0.200. The van der Waals surface area contributed by atoms with Crippen molar-refractivity contribution in [3.05, 3.63) is 45.6 Å². The van der Waals surface area contributed by atoms with Gasteiger partial charge < -0.3 is 4.52 Å². The standard InChI is InChI=1S/C15H11ClF3N3O3S2/c1-7-13(6-12(26-7)14-20-8(2)25-21-14)27(23,24)22-9-3-4-11(16)10(5-9)15(17,18)19/h3-6,22H,1-2H3. The first kappa shape index (κ1) is 19.6. The molecule has 2 heterocycles. The second-order valence-electron chi connectivity index (χ2n) is 5.47. The van der Waals surface area contributed by atoms with Crippen molar-refractivity contribution < 1.29 is 26.1 Å². The van der Waals surface area contributed by atoms with Crippen molar-refractivity contribution in [2.75, 3.05) is 4.72 Å². The molecule has 12 heteroatoms. The molecule has 0 saturated carbocycles. The molecule has 6 nitrogen and oxygen atoms in total. The van der Waals surface area contributed by atoms with Crippen LogP contribution in [0.1, 0.15) is 16.3 Å². The minimum absolute atomic E-state index is 0.0894. The molecule has 0 aliphatic carbocycles. The van der Waals surface area contributed by atoms with Gasteiger partial charge in [-0.25, -0.2) is 8.42 Å². The summed E-state index contributed by atoms with van der Waals surface area (Å²) in [7, 11) is -4.14. The lowest BCUT2D eigenvalue weighted by Gasteiger charge is -2.12. The zero-order valence-corrected chi connectivity index (χ0v) is 16.1. The summed E-state index contributed by atoms with van der Waals surface area (Å²) in [5, 5.41) is 3.20. The number of thiophene rings is 1. The summed E-state index contributed by atoms with van der Waals surface area (Å²) in [5.74, 6) is 0.548. The first-order chi connectivity index (χ1) is 12.5. The number of aromatic nitrogens is 2. The van der Waals surface area contributed by atoms with Gasteiger partial charge in [0.05, 0.1) is 15.5 Å². The number of benzene rings is 1. The Bertz CT molecular complexity index is 1110. The molecule has 0 unspecified atom stereocenters. The monoisotopic (exact) mass is 437 g/mol. The Morgan fingerprint density at radius 1 is 1.22 bits per heavy atom. The molecule has 0 bridgehead atoms. The summed E-state index contributed by atoms with van der Waals surface area (Å²) in [6.45, 7) is 3.16. The van der Waals surface area contributed by atoms with Crippen molar-refractivity contribution in [3.8, 4) is 10.7 Å². The molecule has 0 spiro atoms. The van der Waals surface area contributed by atoms with Crippen LogP contribution in [-0.4, -0.2) is 18.6 Å². The van der Waals surface area contributed by atoms with Crippen LogP contribution in [-0.2, 0) is 16.2 Å². The summed E-state index contributed by atoms with van der Waals surface area (Å²) >= 11 is 6.67. The highest BCUT2D eigenvalue weighted by molar-refractivity contribution is 7.93. The molecule has 0 amide bonds. The molecule has 0 aliphatic rings. The fourth-order valence-electron chi connectivity index (χ4n) is 2.26. The van der Waals surface area contributed by atoms with Crippen molar-refractivity contribution in [2.45, 2.75) is 24.9 Å². The summed E-state index contributed by atoms with van der Waals surface area (Å²) in [4.78, 5) is 4.81. The number of nitrogens with zero attached hydrogens (tertiary/aromatic N) is 2. The smallest absolute Gasteiger partial charge is 0.339 e. The third kappa shape index (κ3) is 4.09. The number of sulfonamides is 1. The normalized spacial score (nSPS) is 12.4. The van der Waals surface area contributed by atoms with E-state index in [-0.39, 0.29) is 16.4 Å². The molecular formula is C15H11ClF3N3O3S2. The van der Waals surface area contributed by atoms with E-state index in [4.69, 9.17) is 16.1 Å². The maximum absolute atomic E-state index is 13.0. The molecule has 27 heavy (non-hydrogen) atoms. The van der Waals surface area contributed by atoms with E-state index >= 15 is 0 Å². The van der Waals surface area contributed by atoms with Crippen LogP contribution in [0.15, 0.2) is 33.7 Å². The quantitative estimate of drug-likeness (QED) is 0.628. The van der Waals surface area contributed by atoms with Gasteiger partial charge >= 0.3 is 6.18 Å². The van der Waals surface area contributed by atoms with E-state index in [1.54, 1.807) is 13.8 Å². The third-order valence-corrected chi connectivity index (χ3v) is 6.45. The maximum atomic E-state index is 13.0. The van der Waals surface area contributed by atoms with E-state index in [1.807, 2.05) is 0 Å². The highest BCUT2D eigenvalue weighted by Crippen LogP contribution is 2.37. The van der Waals surface area contributed by atoms with Crippen LogP contribution in [0.25, 0.3) is 10.7 Å². The summed E-state index contributed by atoms with van der Waals surface area (Å²) < 4.78 is 71.2. The Morgan fingerprint density at radius 2 is 1.93 bits per heavy atom. The summed E-state index contributed by atoms with van der Waals surface area (Å²) in [6.07, 6.45) is -4.71. The number of hydrogen-bond acceptors (Lipinski definition) is 6. The topological polar surface area (TPSA) is 85.1 Å². The Balaban J connectivity index is 1.95. The molecule has 1 N–H and O–H groups in total. The van der Waals surface area contributed by atoms with E-state index < -0.39 is 26.8 Å². The number of anilines is 1. The first-order valence-corrected chi connectivity index (χ1v) is 9.96. The zero-order chi connectivity index (χ0) is 20.0. The molecule has 2 aromatic heterocycles. The van der Waals surface area contributed by atoms with Crippen LogP contribution in [0, 0.1) is 13.8 Å². The highest BCUT2D eigenvalue weighted by atomic mass is 35.5. The van der Waals surface area contributed by atoms with Crippen molar-refractivity contribution in [1.29, 1.82) is 0 Å². The van der Waals surface area contributed by atoms with E-state index in [1.165, 1.54) is 6.07 Å². The molecular weight excluding hydrogens is 427 g/mol. The van der Waals surface area contributed by atoms with Crippen LogP contribution < -0.4 is 4.72 Å². The molecule has 0 fully saturated rings. The predicted octanol–water partition coefficient (Wildman–Crippen LogP) is 4.89. The van der Waals surface area contributed by atoms with Crippen LogP contribution >= 0.6 is 22.9 Å². The lowest BCUT2D eigenvalue weighted by molar-refractivity contribution is -0.137. The van der Waals surface area contributed by atoms with Gasteiger partial charge in [0.25, 0.3) is 10.0 Å². The molecule has 144 valence electrons. The Labute approximate surface area is 161 Å². The average molecular weight is 438 g/mol. The summed E-state index contributed by atoms with van der Waals surface area (Å²) in [6, 6.07) is 4.12. The van der Waals surface area contributed by atoms with Gasteiger partial charge in [0.1, 0.15) is 4.90 Å². The lowest BCUT2D eigenvalue weighted by Crippen LogP contribution is -2.14. The van der Waals surface area contributed by atoms with Gasteiger partial charge in [-0.3, -0.25) is 4.72 Å².